The predicted octanol–water partition coefficient (Wildman–Crippen LogP) is 4.43. The topological polar surface area (TPSA) is 121 Å². The molecule has 2 aromatic heterocycles. The fraction of sp³-hybridized carbons (Fsp3) is 0.371. The van der Waals surface area contributed by atoms with E-state index >= 15 is 0 Å². The molecule has 0 bridgehead atoms. The van der Waals surface area contributed by atoms with Gasteiger partial charge in [0, 0.05) is 80.3 Å². The van der Waals surface area contributed by atoms with Crippen molar-refractivity contribution in [1.82, 2.24) is 28.5 Å². The van der Waals surface area contributed by atoms with Gasteiger partial charge in [0.05, 0.1) is 12.2 Å². The van der Waals surface area contributed by atoms with E-state index in [0.29, 0.717) is 50.2 Å². The summed E-state index contributed by atoms with van der Waals surface area (Å²) in [5.74, 6) is 0.291. The number of hydrogen-bond acceptors (Lipinski definition) is 7. The number of carbonyl (C=O) groups excluding carboxylic acids is 2. The van der Waals surface area contributed by atoms with Crippen LogP contribution in [0, 0.1) is 0 Å². The molecule has 7 rings (SSSR count). The van der Waals surface area contributed by atoms with Crippen molar-refractivity contribution in [2.75, 3.05) is 45.2 Å². The second-order valence-electron chi connectivity index (χ2n) is 12.7. The van der Waals surface area contributed by atoms with Gasteiger partial charge >= 0.3 is 10.2 Å². The Hall–Kier alpha value is -4.55. The largest absolute Gasteiger partial charge is 0.337 e. The van der Waals surface area contributed by atoms with Crippen molar-refractivity contribution in [1.29, 1.82) is 0 Å². The number of aromatic nitrogens is 3. The number of fused-ring (bicyclic) bond motifs is 5. The molecule has 4 aromatic rings. The van der Waals surface area contributed by atoms with Gasteiger partial charge in [0.15, 0.2) is 0 Å². The van der Waals surface area contributed by atoms with Crippen LogP contribution in [0.25, 0.3) is 28.2 Å². The van der Waals surface area contributed by atoms with Crippen molar-refractivity contribution < 1.29 is 18.0 Å². The molecule has 11 nitrogen and oxygen atoms in total. The van der Waals surface area contributed by atoms with E-state index in [1.807, 2.05) is 29.2 Å². The third kappa shape index (κ3) is 5.91. The number of rotatable bonds is 6. The first kappa shape index (κ1) is 31.1. The molecule has 4 heterocycles. The summed E-state index contributed by atoms with van der Waals surface area (Å²) in [4.78, 5) is 40.3. The van der Waals surface area contributed by atoms with Crippen LogP contribution in [-0.2, 0) is 21.5 Å². The van der Waals surface area contributed by atoms with Crippen LogP contribution in [0.15, 0.2) is 66.5 Å². The third-order valence-electron chi connectivity index (χ3n) is 9.63. The summed E-state index contributed by atoms with van der Waals surface area (Å²) < 4.78 is 30.3. The molecule has 12 heteroatoms. The van der Waals surface area contributed by atoms with Gasteiger partial charge in [-0.1, -0.05) is 49.6 Å². The molecular weight excluding hydrogens is 614 g/mol. The van der Waals surface area contributed by atoms with Gasteiger partial charge in [-0.05, 0) is 54.2 Å². The summed E-state index contributed by atoms with van der Waals surface area (Å²) >= 11 is 0. The Morgan fingerprint density at radius 2 is 1.64 bits per heavy atom. The number of piperazine rings is 1. The summed E-state index contributed by atoms with van der Waals surface area (Å²) in [6.07, 6.45) is 11.2. The van der Waals surface area contributed by atoms with Gasteiger partial charge in [-0.15, -0.1) is 0 Å². The predicted molar refractivity (Wildman–Crippen MR) is 182 cm³/mol. The van der Waals surface area contributed by atoms with Crippen molar-refractivity contribution in [3.05, 3.63) is 83.2 Å². The third-order valence-corrected chi connectivity index (χ3v) is 11.0. The van der Waals surface area contributed by atoms with E-state index in [1.54, 1.807) is 30.6 Å². The molecule has 0 unspecified atom stereocenters. The highest BCUT2D eigenvalue weighted by atomic mass is 32.2. The van der Waals surface area contributed by atoms with Crippen molar-refractivity contribution in [2.24, 2.45) is 0 Å². The van der Waals surface area contributed by atoms with Crippen LogP contribution in [0.2, 0.25) is 0 Å². The summed E-state index contributed by atoms with van der Waals surface area (Å²) in [5.41, 5.74) is 6.09. The number of benzene rings is 2. The minimum absolute atomic E-state index is 0.0201. The van der Waals surface area contributed by atoms with E-state index < -0.39 is 16.1 Å². The highest BCUT2D eigenvalue weighted by Gasteiger charge is 2.32. The highest BCUT2D eigenvalue weighted by molar-refractivity contribution is 7.87. The molecule has 0 radical (unpaired) electrons. The van der Waals surface area contributed by atoms with Gasteiger partial charge in [-0.2, -0.15) is 12.7 Å². The number of hydrogen-bond donors (Lipinski definition) is 1. The van der Waals surface area contributed by atoms with E-state index in [0.717, 1.165) is 57.7 Å². The molecule has 2 aromatic carbocycles. The first-order valence-corrected chi connectivity index (χ1v) is 17.7. The molecule has 0 atom stereocenters. The minimum atomic E-state index is -3.97. The van der Waals surface area contributed by atoms with Crippen molar-refractivity contribution in [2.45, 2.75) is 44.6 Å². The minimum Gasteiger partial charge on any atom is -0.337 e. The Morgan fingerprint density at radius 1 is 0.915 bits per heavy atom. The summed E-state index contributed by atoms with van der Waals surface area (Å²) in [7, 11) is -1.22. The zero-order valence-electron chi connectivity index (χ0n) is 26.7. The van der Waals surface area contributed by atoms with Gasteiger partial charge in [-0.3, -0.25) is 9.59 Å². The van der Waals surface area contributed by atoms with Crippen molar-refractivity contribution in [3.63, 3.8) is 0 Å². The summed E-state index contributed by atoms with van der Waals surface area (Å²) in [6.45, 7) is 2.70. The lowest BCUT2D eigenvalue weighted by Gasteiger charge is -2.35. The zero-order valence-corrected chi connectivity index (χ0v) is 27.5. The summed E-state index contributed by atoms with van der Waals surface area (Å²) in [6, 6.07) is 15.4. The van der Waals surface area contributed by atoms with E-state index in [1.165, 1.54) is 26.1 Å². The van der Waals surface area contributed by atoms with Crippen LogP contribution in [0.4, 0.5) is 5.95 Å². The molecule has 1 saturated heterocycles. The van der Waals surface area contributed by atoms with Crippen LogP contribution in [0.1, 0.15) is 59.5 Å². The molecule has 0 spiro atoms. The first-order chi connectivity index (χ1) is 22.7. The lowest BCUT2D eigenvalue weighted by atomic mass is 9.81. The number of amides is 2. The maximum atomic E-state index is 14.3. The van der Waals surface area contributed by atoms with Gasteiger partial charge in [0.2, 0.25) is 5.95 Å². The monoisotopic (exact) mass is 653 g/mol. The normalized spacial score (nSPS) is 17.2. The lowest BCUT2D eigenvalue weighted by Crippen LogP contribution is -2.49. The standard InChI is InChI=1S/C35H39N7O4S/c1-39(2)47(45,46)38-33(43)26-13-14-29-30(22-26)42-23-27(34(44)40-17-19-41(20-18-40)35-36-15-8-16-37-35)21-25-11-6-7-12-28(25)32(42)31(29)24-9-4-3-5-10-24/h6-8,11-16,21-22,24H,3-5,9-10,17-20,23H2,1-2H3,(H,38,43). The van der Waals surface area contributed by atoms with E-state index in [9.17, 15) is 18.0 Å². The van der Waals surface area contributed by atoms with Crippen LogP contribution in [0.5, 0.6) is 0 Å². The van der Waals surface area contributed by atoms with Gasteiger partial charge in [0.1, 0.15) is 0 Å². The van der Waals surface area contributed by atoms with Crippen LogP contribution in [0.3, 0.4) is 0 Å². The Morgan fingerprint density at radius 3 is 2.36 bits per heavy atom. The second kappa shape index (κ2) is 12.6. The molecule has 1 N–H and O–H groups in total. The van der Waals surface area contributed by atoms with Gasteiger partial charge in [-0.25, -0.2) is 14.7 Å². The maximum Gasteiger partial charge on any atom is 0.303 e. The number of nitrogens with zero attached hydrogens (tertiary/aromatic N) is 6. The highest BCUT2D eigenvalue weighted by Crippen LogP contribution is 2.46. The van der Waals surface area contributed by atoms with Crippen LogP contribution < -0.4 is 9.62 Å². The first-order valence-electron chi connectivity index (χ1n) is 16.2. The fourth-order valence-electron chi connectivity index (χ4n) is 7.18. The second-order valence-corrected chi connectivity index (χ2v) is 14.6. The molecule has 1 saturated carbocycles. The van der Waals surface area contributed by atoms with E-state index in [2.05, 4.69) is 36.3 Å². The van der Waals surface area contributed by atoms with Crippen LogP contribution >= 0.6 is 0 Å². The number of nitrogens with one attached hydrogen (secondary N) is 1. The molecule has 2 amide bonds. The Balaban J connectivity index is 1.30. The molecule has 3 aliphatic rings. The molecule has 47 heavy (non-hydrogen) atoms. The van der Waals surface area contributed by atoms with Gasteiger partial charge in [0.25, 0.3) is 11.8 Å². The van der Waals surface area contributed by atoms with Crippen molar-refractivity contribution >= 4 is 45.0 Å². The Labute approximate surface area is 275 Å². The smallest absolute Gasteiger partial charge is 0.303 e. The van der Waals surface area contributed by atoms with Gasteiger partial charge < -0.3 is 14.4 Å². The fourth-order valence-corrected chi connectivity index (χ4v) is 7.72. The average molecular weight is 654 g/mol. The summed E-state index contributed by atoms with van der Waals surface area (Å²) in [5, 5.41) is 1.04. The molecule has 2 fully saturated rings. The Kier molecular flexibility index (Phi) is 8.31. The maximum absolute atomic E-state index is 14.3. The van der Waals surface area contributed by atoms with E-state index in [-0.39, 0.29) is 11.5 Å². The molecule has 2 aliphatic heterocycles. The van der Waals surface area contributed by atoms with Crippen LogP contribution in [-0.4, -0.2) is 84.2 Å². The molecular formula is C35H39N7O4S. The zero-order chi connectivity index (χ0) is 32.7. The molecule has 1 aliphatic carbocycles. The quantitative estimate of drug-likeness (QED) is 0.327. The van der Waals surface area contributed by atoms with Crippen molar-refractivity contribution in [3.8, 4) is 11.3 Å². The average Bonchev–Trinajstić information content (AvgIpc) is 3.30. The van der Waals surface area contributed by atoms with E-state index in [4.69, 9.17) is 0 Å². The SMILES string of the molecule is CN(C)S(=O)(=O)NC(=O)c1ccc2c(C3CCCCC3)c3n(c2c1)CC(C(=O)N1CCN(c2ncccn2)CC1)=Cc1ccccc1-3. The lowest BCUT2D eigenvalue weighted by molar-refractivity contribution is -0.127. The number of carbonyl (C=O) groups is 2. The molecule has 244 valence electrons. The Bertz CT molecular complexity index is 1970. The number of anilines is 1.